The second-order valence-electron chi connectivity index (χ2n) is 4.94. The van der Waals surface area contributed by atoms with E-state index in [-0.39, 0.29) is 5.91 Å². The molecule has 1 unspecified atom stereocenters. The molecule has 0 saturated carbocycles. The Kier molecular flexibility index (Phi) is 3.48. The third-order valence-electron chi connectivity index (χ3n) is 3.49. The van der Waals surface area contributed by atoms with Crippen molar-refractivity contribution in [3.8, 4) is 0 Å². The Morgan fingerprint density at radius 1 is 1.47 bits per heavy atom. The minimum atomic E-state index is 0.162. The topological polar surface area (TPSA) is 46.3 Å². The molecule has 1 aliphatic heterocycles. The largest absolute Gasteiger partial charge is 0.338 e. The first-order valence-electron chi connectivity index (χ1n) is 6.21. The third kappa shape index (κ3) is 2.34. The molecule has 17 heavy (non-hydrogen) atoms. The Hall–Kier alpha value is -1.35. The summed E-state index contributed by atoms with van der Waals surface area (Å²) in [6.45, 7) is 6.37. The molecule has 3 nitrogen and oxygen atoms in total. The fourth-order valence-corrected chi connectivity index (χ4v) is 2.38. The van der Waals surface area contributed by atoms with Gasteiger partial charge in [0.25, 0.3) is 5.91 Å². The number of hydrogen-bond acceptors (Lipinski definition) is 2. The Morgan fingerprint density at radius 3 is 2.94 bits per heavy atom. The number of nitrogens with zero attached hydrogens (tertiary/aromatic N) is 1. The number of aryl methyl sites for hydroxylation is 1. The van der Waals surface area contributed by atoms with Crippen LogP contribution >= 0.6 is 0 Å². The fourth-order valence-electron chi connectivity index (χ4n) is 2.38. The number of nitrogens with two attached hydrogens (primary N) is 1. The maximum atomic E-state index is 12.3. The van der Waals surface area contributed by atoms with Crippen molar-refractivity contribution in [2.75, 3.05) is 19.6 Å². The van der Waals surface area contributed by atoms with E-state index in [0.717, 1.165) is 25.1 Å². The van der Waals surface area contributed by atoms with Crippen molar-refractivity contribution in [2.45, 2.75) is 20.3 Å². The minimum absolute atomic E-state index is 0.162. The summed E-state index contributed by atoms with van der Waals surface area (Å²) in [5.41, 5.74) is 8.93. The normalized spacial score (nSPS) is 16.9. The minimum Gasteiger partial charge on any atom is -0.338 e. The Labute approximate surface area is 103 Å². The number of carbonyl (C=O) groups excluding carboxylic acids is 1. The smallest absolute Gasteiger partial charge is 0.254 e. The lowest BCUT2D eigenvalue weighted by molar-refractivity contribution is 0.0717. The molecule has 1 aromatic rings. The molecule has 1 aliphatic rings. The van der Waals surface area contributed by atoms with E-state index in [1.807, 2.05) is 17.0 Å². The summed E-state index contributed by atoms with van der Waals surface area (Å²) in [6, 6.07) is 5.97. The first-order chi connectivity index (χ1) is 8.13. The number of benzene rings is 1. The molecular weight excluding hydrogens is 212 g/mol. The lowest BCUT2D eigenvalue weighted by Gasteiger charge is -2.31. The van der Waals surface area contributed by atoms with Crippen molar-refractivity contribution >= 4 is 5.91 Å². The fraction of sp³-hybridized carbons (Fsp3) is 0.500. The molecule has 0 bridgehead atoms. The monoisotopic (exact) mass is 232 g/mol. The van der Waals surface area contributed by atoms with E-state index < -0.39 is 0 Å². The van der Waals surface area contributed by atoms with Crippen molar-refractivity contribution in [1.82, 2.24) is 4.90 Å². The summed E-state index contributed by atoms with van der Waals surface area (Å²) >= 11 is 0. The van der Waals surface area contributed by atoms with Gasteiger partial charge >= 0.3 is 0 Å². The summed E-state index contributed by atoms with van der Waals surface area (Å²) in [5.74, 6) is 0.528. The first-order valence-corrected chi connectivity index (χ1v) is 6.21. The zero-order valence-corrected chi connectivity index (χ0v) is 10.6. The zero-order valence-electron chi connectivity index (χ0n) is 10.6. The van der Waals surface area contributed by atoms with E-state index in [4.69, 9.17) is 5.73 Å². The van der Waals surface area contributed by atoms with Gasteiger partial charge < -0.3 is 10.6 Å². The lowest BCUT2D eigenvalue weighted by Crippen LogP contribution is -2.41. The van der Waals surface area contributed by atoms with Crippen LogP contribution in [-0.4, -0.2) is 30.4 Å². The highest BCUT2D eigenvalue weighted by molar-refractivity contribution is 5.97. The zero-order chi connectivity index (χ0) is 12.4. The maximum absolute atomic E-state index is 12.3. The molecule has 1 heterocycles. The molecule has 1 amide bonds. The first kappa shape index (κ1) is 12.1. The standard InChI is InChI=1S/C14H20N2O/c1-10(8-15)9-16-7-6-12-11(2)4-3-5-13(12)14(16)17/h3-5,10H,6-9,15H2,1-2H3. The summed E-state index contributed by atoms with van der Waals surface area (Å²) in [7, 11) is 0. The van der Waals surface area contributed by atoms with Gasteiger partial charge in [0, 0.05) is 18.7 Å². The molecule has 2 rings (SSSR count). The Bertz CT molecular complexity index is 428. The van der Waals surface area contributed by atoms with E-state index in [1.165, 1.54) is 11.1 Å². The molecule has 0 aromatic heterocycles. The van der Waals surface area contributed by atoms with Crippen LogP contribution in [-0.2, 0) is 6.42 Å². The summed E-state index contributed by atoms with van der Waals surface area (Å²) in [5, 5.41) is 0. The van der Waals surface area contributed by atoms with Crippen molar-refractivity contribution in [1.29, 1.82) is 0 Å². The molecule has 0 spiro atoms. The molecule has 0 aliphatic carbocycles. The molecule has 0 saturated heterocycles. The Morgan fingerprint density at radius 2 is 2.24 bits per heavy atom. The van der Waals surface area contributed by atoms with Gasteiger partial charge in [0.1, 0.15) is 0 Å². The van der Waals surface area contributed by atoms with Crippen molar-refractivity contribution in [3.63, 3.8) is 0 Å². The number of hydrogen-bond donors (Lipinski definition) is 1. The average Bonchev–Trinajstić information content (AvgIpc) is 2.33. The van der Waals surface area contributed by atoms with Crippen molar-refractivity contribution in [2.24, 2.45) is 11.7 Å². The molecule has 0 radical (unpaired) electrons. The van der Waals surface area contributed by atoms with Gasteiger partial charge in [-0.05, 0) is 43.0 Å². The van der Waals surface area contributed by atoms with Gasteiger partial charge in [-0.3, -0.25) is 4.79 Å². The maximum Gasteiger partial charge on any atom is 0.254 e. The second kappa shape index (κ2) is 4.88. The van der Waals surface area contributed by atoms with Gasteiger partial charge in [0.05, 0.1) is 0 Å². The SMILES string of the molecule is Cc1cccc2c1CCN(CC(C)CN)C2=O. The van der Waals surface area contributed by atoms with Crippen LogP contribution in [0.5, 0.6) is 0 Å². The molecular formula is C14H20N2O. The molecule has 0 fully saturated rings. The van der Waals surface area contributed by atoms with E-state index in [0.29, 0.717) is 12.5 Å². The molecule has 1 atom stereocenters. The summed E-state index contributed by atoms with van der Waals surface area (Å²) < 4.78 is 0. The van der Waals surface area contributed by atoms with Gasteiger partial charge in [-0.2, -0.15) is 0 Å². The molecule has 2 N–H and O–H groups in total. The van der Waals surface area contributed by atoms with Crippen LogP contribution in [0, 0.1) is 12.8 Å². The summed E-state index contributed by atoms with van der Waals surface area (Å²) in [6.07, 6.45) is 0.963. The van der Waals surface area contributed by atoms with Crippen LogP contribution in [0.3, 0.4) is 0 Å². The second-order valence-corrected chi connectivity index (χ2v) is 4.94. The van der Waals surface area contributed by atoms with Crippen LogP contribution in [0.25, 0.3) is 0 Å². The van der Waals surface area contributed by atoms with Gasteiger partial charge in [-0.1, -0.05) is 19.1 Å². The lowest BCUT2D eigenvalue weighted by atomic mass is 9.94. The van der Waals surface area contributed by atoms with Gasteiger partial charge in [-0.15, -0.1) is 0 Å². The van der Waals surface area contributed by atoms with E-state index in [2.05, 4.69) is 19.9 Å². The third-order valence-corrected chi connectivity index (χ3v) is 3.49. The highest BCUT2D eigenvalue weighted by Gasteiger charge is 2.25. The highest BCUT2D eigenvalue weighted by atomic mass is 16.2. The number of carbonyl (C=O) groups is 1. The molecule has 92 valence electrons. The van der Waals surface area contributed by atoms with Crippen LogP contribution in [0.2, 0.25) is 0 Å². The van der Waals surface area contributed by atoms with E-state index in [1.54, 1.807) is 0 Å². The van der Waals surface area contributed by atoms with Crippen LogP contribution in [0.15, 0.2) is 18.2 Å². The van der Waals surface area contributed by atoms with Gasteiger partial charge in [0.15, 0.2) is 0 Å². The highest BCUT2D eigenvalue weighted by Crippen LogP contribution is 2.22. The summed E-state index contributed by atoms with van der Waals surface area (Å²) in [4.78, 5) is 14.2. The van der Waals surface area contributed by atoms with Crippen LogP contribution in [0.4, 0.5) is 0 Å². The quantitative estimate of drug-likeness (QED) is 0.860. The molecule has 1 aromatic carbocycles. The van der Waals surface area contributed by atoms with Crippen molar-refractivity contribution in [3.05, 3.63) is 34.9 Å². The van der Waals surface area contributed by atoms with Crippen molar-refractivity contribution < 1.29 is 4.79 Å². The number of amides is 1. The molecule has 3 heteroatoms. The van der Waals surface area contributed by atoms with Crippen LogP contribution < -0.4 is 5.73 Å². The number of rotatable bonds is 3. The number of fused-ring (bicyclic) bond motifs is 1. The van der Waals surface area contributed by atoms with Gasteiger partial charge in [0.2, 0.25) is 0 Å². The predicted molar refractivity (Wildman–Crippen MR) is 69.0 cm³/mol. The predicted octanol–water partition coefficient (Wildman–Crippen LogP) is 1.59. The van der Waals surface area contributed by atoms with E-state index in [9.17, 15) is 4.79 Å². The van der Waals surface area contributed by atoms with E-state index >= 15 is 0 Å². The van der Waals surface area contributed by atoms with Gasteiger partial charge in [-0.25, -0.2) is 0 Å². The average molecular weight is 232 g/mol. The Balaban J connectivity index is 2.22. The van der Waals surface area contributed by atoms with Crippen LogP contribution in [0.1, 0.15) is 28.4 Å².